The third kappa shape index (κ3) is 1.14. The third-order valence-corrected chi connectivity index (χ3v) is 1.83. The second-order valence-corrected chi connectivity index (χ2v) is 2.61. The fraction of sp³-hybridized carbons (Fsp3) is 0.200. The van der Waals surface area contributed by atoms with Gasteiger partial charge in [-0.25, -0.2) is 0 Å². The van der Waals surface area contributed by atoms with Gasteiger partial charge in [0.25, 0.3) is 5.13 Å². The van der Waals surface area contributed by atoms with Crippen molar-refractivity contribution in [1.29, 1.82) is 0 Å². The second kappa shape index (κ2) is 2.86. The van der Waals surface area contributed by atoms with Crippen molar-refractivity contribution in [2.24, 2.45) is 0 Å². The Morgan fingerprint density at radius 1 is 1.42 bits per heavy atom. The van der Waals surface area contributed by atoms with Crippen LogP contribution in [0.25, 0.3) is 5.13 Å². The summed E-state index contributed by atoms with van der Waals surface area (Å²) < 4.78 is 8.71. The van der Waals surface area contributed by atoms with E-state index >= 15 is 0 Å². The first-order valence-electron chi connectivity index (χ1n) is 3.14. The molecule has 0 bridgehead atoms. The van der Waals surface area contributed by atoms with Crippen LogP contribution in [0.5, 0.6) is 6.01 Å². The summed E-state index contributed by atoms with van der Waals surface area (Å²) in [5, 5.41) is 8.38. The first kappa shape index (κ1) is 7.17. The second-order valence-electron chi connectivity index (χ2n) is 1.88. The summed E-state index contributed by atoms with van der Waals surface area (Å²) in [6, 6.07) is 0.340. The van der Waals surface area contributed by atoms with Gasteiger partial charge in [0.2, 0.25) is 0 Å². The van der Waals surface area contributed by atoms with Crippen LogP contribution in [0.4, 0.5) is 0 Å². The highest BCUT2D eigenvalue weighted by Crippen LogP contribution is 2.12. The minimum absolute atomic E-state index is 0.340. The van der Waals surface area contributed by atoms with E-state index in [1.54, 1.807) is 12.4 Å². The zero-order valence-electron chi connectivity index (χ0n) is 6.21. The highest BCUT2D eigenvalue weighted by Gasteiger charge is 2.05. The average Bonchev–Trinajstić information content (AvgIpc) is 2.75. The molecule has 0 saturated heterocycles. The predicted molar refractivity (Wildman–Crippen MR) is 41.4 cm³/mol. The Balaban J connectivity index is 2.35. The maximum absolute atomic E-state index is 4.81. The lowest BCUT2D eigenvalue weighted by molar-refractivity contribution is 0.385. The molecule has 2 heterocycles. The lowest BCUT2D eigenvalue weighted by atomic mass is 11.0. The summed E-state index contributed by atoms with van der Waals surface area (Å²) in [5.41, 5.74) is 0. The van der Waals surface area contributed by atoms with Gasteiger partial charge in [0.05, 0.1) is 19.5 Å². The molecule has 12 heavy (non-hydrogen) atoms. The number of hydrogen-bond acceptors (Lipinski definition) is 6. The third-order valence-electron chi connectivity index (χ3n) is 1.17. The van der Waals surface area contributed by atoms with Crippen molar-refractivity contribution in [3.05, 3.63) is 12.4 Å². The van der Waals surface area contributed by atoms with E-state index in [9.17, 15) is 0 Å². The number of ether oxygens (including phenoxy) is 1. The van der Waals surface area contributed by atoms with Gasteiger partial charge in [-0.2, -0.15) is 15.2 Å². The molecule has 0 aliphatic rings. The number of methoxy groups -OCH3 is 1. The van der Waals surface area contributed by atoms with E-state index in [4.69, 9.17) is 4.74 Å². The maximum atomic E-state index is 4.81. The average molecular weight is 183 g/mol. The van der Waals surface area contributed by atoms with Gasteiger partial charge in [-0.15, -0.1) is 9.17 Å². The van der Waals surface area contributed by atoms with E-state index in [1.807, 2.05) is 0 Å². The van der Waals surface area contributed by atoms with Crippen molar-refractivity contribution >= 4 is 11.5 Å². The van der Waals surface area contributed by atoms with Crippen LogP contribution in [-0.4, -0.2) is 31.5 Å². The van der Waals surface area contributed by atoms with Gasteiger partial charge in [0.15, 0.2) is 0 Å². The summed E-state index contributed by atoms with van der Waals surface area (Å²) in [6.45, 7) is 0. The Morgan fingerprint density at radius 2 is 2.17 bits per heavy atom. The van der Waals surface area contributed by atoms with Gasteiger partial charge < -0.3 is 4.74 Å². The first-order valence-corrected chi connectivity index (χ1v) is 3.92. The van der Waals surface area contributed by atoms with Crippen LogP contribution in [-0.2, 0) is 0 Å². The van der Waals surface area contributed by atoms with Gasteiger partial charge >= 0.3 is 6.01 Å². The molecule has 0 unspecified atom stereocenters. The molecule has 0 amide bonds. The van der Waals surface area contributed by atoms with Crippen molar-refractivity contribution in [3.8, 4) is 11.1 Å². The summed E-state index contributed by atoms with van der Waals surface area (Å²) in [7, 11) is 1.52. The van der Waals surface area contributed by atoms with Gasteiger partial charge in [-0.3, -0.25) is 0 Å². The van der Waals surface area contributed by atoms with Crippen LogP contribution < -0.4 is 4.74 Å². The van der Waals surface area contributed by atoms with E-state index in [1.165, 1.54) is 23.4 Å². The molecule has 0 aliphatic heterocycles. The zero-order chi connectivity index (χ0) is 8.39. The van der Waals surface area contributed by atoms with E-state index < -0.39 is 0 Å². The van der Waals surface area contributed by atoms with Crippen LogP contribution in [0, 0.1) is 0 Å². The largest absolute Gasteiger partial charge is 0.466 e. The standard InChI is InChI=1S/C5H5N5OS/c1-11-4-8-5(12-9-4)10-6-2-3-7-10/h2-3H,1H3. The van der Waals surface area contributed by atoms with Crippen molar-refractivity contribution in [2.45, 2.75) is 0 Å². The van der Waals surface area contributed by atoms with Crippen LogP contribution >= 0.6 is 11.5 Å². The number of hydrogen-bond donors (Lipinski definition) is 0. The maximum Gasteiger partial charge on any atom is 0.330 e. The van der Waals surface area contributed by atoms with E-state index in [2.05, 4.69) is 19.6 Å². The van der Waals surface area contributed by atoms with Crippen LogP contribution in [0.3, 0.4) is 0 Å². The molecular weight excluding hydrogens is 178 g/mol. The molecule has 2 aromatic heterocycles. The molecular formula is C5H5N5OS. The normalized spacial score (nSPS) is 10.1. The molecule has 0 spiro atoms. The topological polar surface area (TPSA) is 65.7 Å². The molecule has 0 N–H and O–H groups in total. The van der Waals surface area contributed by atoms with Crippen LogP contribution in [0.2, 0.25) is 0 Å². The smallest absolute Gasteiger partial charge is 0.330 e. The lowest BCUT2D eigenvalue weighted by Crippen LogP contribution is -1.97. The predicted octanol–water partition coefficient (Wildman–Crippen LogP) is 0.127. The first-order chi connectivity index (χ1) is 5.90. The molecule has 62 valence electrons. The molecule has 0 aliphatic carbocycles. The van der Waals surface area contributed by atoms with E-state index in [-0.39, 0.29) is 0 Å². The van der Waals surface area contributed by atoms with Crippen LogP contribution in [0.15, 0.2) is 12.4 Å². The highest BCUT2D eigenvalue weighted by atomic mass is 32.1. The van der Waals surface area contributed by atoms with Crippen molar-refractivity contribution < 1.29 is 4.74 Å². The SMILES string of the molecule is COc1nsc(-n2nccn2)n1. The fourth-order valence-corrected chi connectivity index (χ4v) is 1.24. The Labute approximate surface area is 72.0 Å². The molecule has 2 rings (SSSR count). The Hall–Kier alpha value is -1.50. The number of aromatic nitrogens is 5. The monoisotopic (exact) mass is 183 g/mol. The Kier molecular flexibility index (Phi) is 1.71. The minimum Gasteiger partial charge on any atom is -0.466 e. The molecule has 0 atom stereocenters. The quantitative estimate of drug-likeness (QED) is 0.662. The molecule has 2 aromatic rings. The molecule has 7 heteroatoms. The Morgan fingerprint density at radius 3 is 2.75 bits per heavy atom. The molecule has 0 fully saturated rings. The van der Waals surface area contributed by atoms with Gasteiger partial charge in [-0.05, 0) is 0 Å². The molecule has 0 saturated carbocycles. The van der Waals surface area contributed by atoms with E-state index in [0.717, 1.165) is 0 Å². The zero-order valence-corrected chi connectivity index (χ0v) is 7.02. The van der Waals surface area contributed by atoms with E-state index in [0.29, 0.717) is 11.1 Å². The highest BCUT2D eigenvalue weighted by molar-refractivity contribution is 7.08. The molecule has 6 nitrogen and oxygen atoms in total. The molecule has 0 aromatic carbocycles. The summed E-state index contributed by atoms with van der Waals surface area (Å²) in [5.74, 6) is 0. The van der Waals surface area contributed by atoms with Crippen molar-refractivity contribution in [2.75, 3.05) is 7.11 Å². The Bertz CT molecular complexity index is 356. The minimum atomic E-state index is 0.340. The fourth-order valence-electron chi connectivity index (χ4n) is 0.681. The van der Waals surface area contributed by atoms with Crippen LogP contribution in [0.1, 0.15) is 0 Å². The number of rotatable bonds is 2. The van der Waals surface area contributed by atoms with Crippen molar-refractivity contribution in [3.63, 3.8) is 0 Å². The summed E-state index contributed by atoms with van der Waals surface area (Å²) >= 11 is 1.18. The lowest BCUT2D eigenvalue weighted by Gasteiger charge is -1.88. The van der Waals surface area contributed by atoms with Crippen molar-refractivity contribution in [1.82, 2.24) is 24.4 Å². The van der Waals surface area contributed by atoms with Gasteiger partial charge in [0, 0.05) is 11.5 Å². The summed E-state index contributed by atoms with van der Waals surface area (Å²) in [4.78, 5) is 5.38. The summed E-state index contributed by atoms with van der Waals surface area (Å²) in [6.07, 6.45) is 3.15. The number of nitrogens with zero attached hydrogens (tertiary/aromatic N) is 5. The molecule has 0 radical (unpaired) electrons. The van der Waals surface area contributed by atoms with Gasteiger partial charge in [0.1, 0.15) is 0 Å². The van der Waals surface area contributed by atoms with Gasteiger partial charge in [-0.1, -0.05) is 0 Å².